The van der Waals surface area contributed by atoms with Crippen molar-refractivity contribution in [2.45, 2.75) is 38.7 Å². The maximum absolute atomic E-state index is 9.28. The fraction of sp³-hybridized carbons (Fsp3) is 0.600. The fourth-order valence-electron chi connectivity index (χ4n) is 1.91. The molecule has 0 aliphatic rings. The van der Waals surface area contributed by atoms with Crippen molar-refractivity contribution in [1.29, 1.82) is 0 Å². The number of aliphatic hydroxyl groups is 2. The topological polar surface area (TPSA) is 52.5 Å². The molecular formula is C15H25NO2. The fourth-order valence-corrected chi connectivity index (χ4v) is 1.91. The summed E-state index contributed by atoms with van der Waals surface area (Å²) in [7, 11) is 0. The highest BCUT2D eigenvalue weighted by Gasteiger charge is 2.20. The van der Waals surface area contributed by atoms with E-state index in [1.807, 2.05) is 0 Å². The first-order valence-corrected chi connectivity index (χ1v) is 6.58. The summed E-state index contributed by atoms with van der Waals surface area (Å²) in [6, 6.07) is 8.67. The van der Waals surface area contributed by atoms with Gasteiger partial charge >= 0.3 is 0 Å². The molecule has 0 aliphatic carbocycles. The van der Waals surface area contributed by atoms with Crippen LogP contribution >= 0.6 is 0 Å². The van der Waals surface area contributed by atoms with Gasteiger partial charge in [-0.3, -0.25) is 0 Å². The van der Waals surface area contributed by atoms with Crippen LogP contribution in [0.4, 0.5) is 0 Å². The quantitative estimate of drug-likeness (QED) is 0.688. The van der Waals surface area contributed by atoms with E-state index in [2.05, 4.69) is 50.4 Å². The van der Waals surface area contributed by atoms with Crippen molar-refractivity contribution in [3.8, 4) is 0 Å². The molecule has 1 aromatic carbocycles. The van der Waals surface area contributed by atoms with E-state index in [1.54, 1.807) is 0 Å². The smallest absolute Gasteiger partial charge is 0.0894 e. The summed E-state index contributed by atoms with van der Waals surface area (Å²) in [6.07, 6.45) is 0.380. The Morgan fingerprint density at radius 2 is 1.83 bits per heavy atom. The third kappa shape index (κ3) is 4.41. The van der Waals surface area contributed by atoms with Crippen molar-refractivity contribution in [3.63, 3.8) is 0 Å². The van der Waals surface area contributed by atoms with E-state index in [0.29, 0.717) is 6.54 Å². The molecule has 1 atom stereocenters. The van der Waals surface area contributed by atoms with Crippen LogP contribution in [0.15, 0.2) is 24.3 Å². The molecule has 0 spiro atoms. The molecule has 0 aromatic heterocycles. The van der Waals surface area contributed by atoms with Gasteiger partial charge in [-0.15, -0.1) is 0 Å². The Morgan fingerprint density at radius 1 is 1.22 bits per heavy atom. The first-order valence-electron chi connectivity index (χ1n) is 6.58. The van der Waals surface area contributed by atoms with Crippen molar-refractivity contribution in [2.75, 3.05) is 19.7 Å². The molecule has 0 radical (unpaired) electrons. The molecule has 0 bridgehead atoms. The molecule has 3 nitrogen and oxygen atoms in total. The van der Waals surface area contributed by atoms with Crippen LogP contribution in [-0.4, -0.2) is 36.0 Å². The summed E-state index contributed by atoms with van der Waals surface area (Å²) in [4.78, 5) is 0. The van der Waals surface area contributed by atoms with Gasteiger partial charge in [0.15, 0.2) is 0 Å². The Morgan fingerprint density at radius 3 is 2.33 bits per heavy atom. The molecule has 102 valence electrons. The summed E-state index contributed by atoms with van der Waals surface area (Å²) in [6.45, 7) is 7.50. The molecule has 0 amide bonds. The van der Waals surface area contributed by atoms with Crippen molar-refractivity contribution in [3.05, 3.63) is 35.4 Å². The minimum Gasteiger partial charge on any atom is -0.394 e. The van der Waals surface area contributed by atoms with Crippen LogP contribution in [0.2, 0.25) is 0 Å². The van der Waals surface area contributed by atoms with Gasteiger partial charge < -0.3 is 15.5 Å². The number of nitrogens with one attached hydrogen (secondary N) is 1. The number of aryl methyl sites for hydroxylation is 1. The number of hydrogen-bond donors (Lipinski definition) is 3. The van der Waals surface area contributed by atoms with Crippen LogP contribution in [0.5, 0.6) is 0 Å². The molecule has 3 heteroatoms. The third-order valence-electron chi connectivity index (χ3n) is 3.30. The highest BCUT2D eigenvalue weighted by atomic mass is 16.3. The number of aliphatic hydroxyl groups excluding tert-OH is 2. The lowest BCUT2D eigenvalue weighted by molar-refractivity contribution is 0.0934. The first kappa shape index (κ1) is 15.2. The zero-order valence-corrected chi connectivity index (χ0v) is 11.6. The average Bonchev–Trinajstić information content (AvgIpc) is 2.38. The van der Waals surface area contributed by atoms with Gasteiger partial charge in [0.05, 0.1) is 12.7 Å². The third-order valence-corrected chi connectivity index (χ3v) is 3.30. The number of benzene rings is 1. The zero-order chi connectivity index (χ0) is 13.6. The van der Waals surface area contributed by atoms with E-state index < -0.39 is 6.10 Å². The lowest BCUT2D eigenvalue weighted by Gasteiger charge is -2.26. The van der Waals surface area contributed by atoms with E-state index in [4.69, 9.17) is 5.11 Å². The van der Waals surface area contributed by atoms with Crippen molar-refractivity contribution >= 4 is 0 Å². The Balaban J connectivity index is 2.56. The van der Waals surface area contributed by atoms with Crippen molar-refractivity contribution < 1.29 is 10.2 Å². The van der Waals surface area contributed by atoms with Gasteiger partial charge in [-0.2, -0.15) is 0 Å². The van der Waals surface area contributed by atoms with Crippen molar-refractivity contribution in [1.82, 2.24) is 5.32 Å². The zero-order valence-electron chi connectivity index (χ0n) is 11.6. The number of hydrogen-bond acceptors (Lipinski definition) is 3. The van der Waals surface area contributed by atoms with Gasteiger partial charge in [-0.1, -0.05) is 45.0 Å². The Kier molecular flexibility index (Phi) is 5.79. The average molecular weight is 251 g/mol. The van der Waals surface area contributed by atoms with Crippen LogP contribution < -0.4 is 5.32 Å². The maximum atomic E-state index is 9.28. The molecule has 0 saturated heterocycles. The second-order valence-electron chi connectivity index (χ2n) is 5.40. The van der Waals surface area contributed by atoms with Crippen LogP contribution in [0.25, 0.3) is 0 Å². The summed E-state index contributed by atoms with van der Waals surface area (Å²) in [5, 5.41) is 21.2. The van der Waals surface area contributed by atoms with Crippen LogP contribution in [0.3, 0.4) is 0 Å². The minimum atomic E-state index is -0.678. The Bertz CT molecular complexity index is 346. The molecule has 1 rings (SSSR count). The molecule has 0 saturated carbocycles. The van der Waals surface area contributed by atoms with Gasteiger partial charge in [-0.25, -0.2) is 0 Å². The maximum Gasteiger partial charge on any atom is 0.0894 e. The molecular weight excluding hydrogens is 226 g/mol. The van der Waals surface area contributed by atoms with E-state index in [9.17, 15) is 5.11 Å². The molecule has 3 N–H and O–H groups in total. The lowest BCUT2D eigenvalue weighted by Crippen LogP contribution is -2.38. The second-order valence-corrected chi connectivity index (χ2v) is 5.40. The van der Waals surface area contributed by atoms with Crippen LogP contribution in [-0.2, 0) is 11.8 Å². The highest BCUT2D eigenvalue weighted by Crippen LogP contribution is 2.22. The van der Waals surface area contributed by atoms with Gasteiger partial charge in [0.25, 0.3) is 0 Å². The summed E-state index contributed by atoms with van der Waals surface area (Å²) in [5.41, 5.74) is 2.64. The monoisotopic (exact) mass is 251 g/mol. The largest absolute Gasteiger partial charge is 0.394 e. The minimum absolute atomic E-state index is 0.0153. The van der Waals surface area contributed by atoms with E-state index in [-0.39, 0.29) is 12.0 Å². The van der Waals surface area contributed by atoms with E-state index in [1.165, 1.54) is 11.1 Å². The Hall–Kier alpha value is -0.900. The molecule has 1 aromatic rings. The summed E-state index contributed by atoms with van der Waals surface area (Å²) in [5.74, 6) is 0. The predicted octanol–water partition coefficient (Wildman–Crippen LogP) is 1.47. The lowest BCUT2D eigenvalue weighted by atomic mass is 9.84. The standard InChI is InChI=1S/C15H25NO2/c1-4-12-5-7-13(8-6-12)15(2,3)11-16-9-14(18)10-17/h5-8,14,16-18H,4,9-11H2,1-3H3. The molecule has 0 fully saturated rings. The van der Waals surface area contributed by atoms with E-state index in [0.717, 1.165) is 13.0 Å². The second kappa shape index (κ2) is 6.88. The van der Waals surface area contributed by atoms with Crippen LogP contribution in [0.1, 0.15) is 31.9 Å². The predicted molar refractivity (Wildman–Crippen MR) is 74.8 cm³/mol. The van der Waals surface area contributed by atoms with Gasteiger partial charge in [0.2, 0.25) is 0 Å². The molecule has 1 unspecified atom stereocenters. The van der Waals surface area contributed by atoms with E-state index >= 15 is 0 Å². The van der Waals surface area contributed by atoms with Gasteiger partial charge in [0, 0.05) is 18.5 Å². The molecule has 0 aliphatic heterocycles. The Labute approximate surface area is 110 Å². The normalized spacial score (nSPS) is 13.6. The van der Waals surface area contributed by atoms with Crippen molar-refractivity contribution in [2.24, 2.45) is 0 Å². The summed E-state index contributed by atoms with van der Waals surface area (Å²) < 4.78 is 0. The highest BCUT2D eigenvalue weighted by molar-refractivity contribution is 5.28. The summed E-state index contributed by atoms with van der Waals surface area (Å²) >= 11 is 0. The van der Waals surface area contributed by atoms with Gasteiger partial charge in [-0.05, 0) is 17.5 Å². The molecule has 18 heavy (non-hydrogen) atoms. The number of rotatable bonds is 7. The SMILES string of the molecule is CCc1ccc(C(C)(C)CNCC(O)CO)cc1. The van der Waals surface area contributed by atoms with Gasteiger partial charge in [0.1, 0.15) is 0 Å². The molecule has 0 heterocycles. The first-order chi connectivity index (χ1) is 8.49. The van der Waals surface area contributed by atoms with Crippen LogP contribution in [0, 0.1) is 0 Å².